The number of piperazine rings is 1. The molecule has 0 unspecified atom stereocenters. The van der Waals surface area contributed by atoms with E-state index in [4.69, 9.17) is 0 Å². The van der Waals surface area contributed by atoms with Crippen LogP contribution in [0.5, 0.6) is 0 Å². The van der Waals surface area contributed by atoms with Crippen LogP contribution in [0.3, 0.4) is 0 Å². The van der Waals surface area contributed by atoms with Crippen LogP contribution in [0.25, 0.3) is 0 Å². The van der Waals surface area contributed by atoms with Gasteiger partial charge in [0, 0.05) is 44.6 Å². The van der Waals surface area contributed by atoms with Gasteiger partial charge < -0.3 is 20.4 Å². The molecule has 27 heavy (non-hydrogen) atoms. The fourth-order valence-electron chi connectivity index (χ4n) is 3.66. The van der Waals surface area contributed by atoms with E-state index in [1.54, 1.807) is 30.3 Å². The summed E-state index contributed by atoms with van der Waals surface area (Å²) in [4.78, 5) is 37.2. The van der Waals surface area contributed by atoms with Crippen molar-refractivity contribution in [3.8, 4) is 0 Å². The van der Waals surface area contributed by atoms with Gasteiger partial charge in [-0.2, -0.15) is 0 Å². The summed E-state index contributed by atoms with van der Waals surface area (Å²) >= 11 is 0. The summed E-state index contributed by atoms with van der Waals surface area (Å²) in [6.45, 7) is 4.28. The number of nitrogens with one attached hydrogen (secondary N) is 2. The molecule has 1 aromatic rings. The molecule has 1 aliphatic heterocycles. The van der Waals surface area contributed by atoms with Gasteiger partial charge in [0.2, 0.25) is 11.9 Å². The third-order valence-corrected chi connectivity index (χ3v) is 5.34. The standard InChI is InChI=1S/C19H30N6O2/c1-15(17(26)23-16-7-4-2-3-5-8-16)22-19(27)25-13-11-24(12-14-25)18-20-9-6-10-21-18/h6,9-10,15-16H,2-5,7-8,11-14H2,1H3,(H,22,27)(H,23,26)/t15-/m1/s1. The molecule has 8 heteroatoms. The van der Waals surface area contributed by atoms with Gasteiger partial charge in [-0.05, 0) is 25.8 Å². The molecule has 3 amide bonds. The molecule has 2 heterocycles. The van der Waals surface area contributed by atoms with Crippen LogP contribution in [0.15, 0.2) is 18.5 Å². The van der Waals surface area contributed by atoms with Crippen molar-refractivity contribution in [2.45, 2.75) is 57.5 Å². The zero-order valence-corrected chi connectivity index (χ0v) is 16.1. The first kappa shape index (κ1) is 19.4. The maximum absolute atomic E-state index is 12.5. The summed E-state index contributed by atoms with van der Waals surface area (Å²) in [5, 5.41) is 5.93. The van der Waals surface area contributed by atoms with E-state index in [1.165, 1.54) is 25.7 Å². The predicted molar refractivity (Wildman–Crippen MR) is 103 cm³/mol. The van der Waals surface area contributed by atoms with Crippen LogP contribution < -0.4 is 15.5 Å². The Bertz CT molecular complexity index is 610. The zero-order chi connectivity index (χ0) is 19.1. The van der Waals surface area contributed by atoms with Crippen LogP contribution in [0.2, 0.25) is 0 Å². The normalized spacial score (nSPS) is 19.9. The van der Waals surface area contributed by atoms with E-state index >= 15 is 0 Å². The highest BCUT2D eigenvalue weighted by atomic mass is 16.2. The maximum atomic E-state index is 12.5. The van der Waals surface area contributed by atoms with Crippen LogP contribution in [-0.4, -0.2) is 65.1 Å². The van der Waals surface area contributed by atoms with Crippen LogP contribution in [0, 0.1) is 0 Å². The second-order valence-electron chi connectivity index (χ2n) is 7.39. The largest absolute Gasteiger partial charge is 0.352 e. The average molecular weight is 374 g/mol. The molecule has 2 fully saturated rings. The van der Waals surface area contributed by atoms with Gasteiger partial charge in [0.15, 0.2) is 0 Å². The minimum Gasteiger partial charge on any atom is -0.352 e. The summed E-state index contributed by atoms with van der Waals surface area (Å²) < 4.78 is 0. The Morgan fingerprint density at radius 2 is 1.67 bits per heavy atom. The molecule has 148 valence electrons. The van der Waals surface area contributed by atoms with Crippen molar-refractivity contribution in [3.63, 3.8) is 0 Å². The van der Waals surface area contributed by atoms with Gasteiger partial charge in [0.05, 0.1) is 0 Å². The van der Waals surface area contributed by atoms with Gasteiger partial charge in [0.25, 0.3) is 0 Å². The van der Waals surface area contributed by atoms with Crippen molar-refractivity contribution in [2.75, 3.05) is 31.1 Å². The molecular formula is C19H30N6O2. The van der Waals surface area contributed by atoms with Crippen molar-refractivity contribution >= 4 is 17.9 Å². The molecule has 3 rings (SSSR count). The third kappa shape index (κ3) is 5.55. The minimum atomic E-state index is -0.531. The minimum absolute atomic E-state index is 0.0911. The van der Waals surface area contributed by atoms with Crippen LogP contribution in [0.4, 0.5) is 10.7 Å². The van der Waals surface area contributed by atoms with Crippen molar-refractivity contribution < 1.29 is 9.59 Å². The summed E-state index contributed by atoms with van der Waals surface area (Å²) in [6, 6.07) is 1.31. The molecule has 1 saturated carbocycles. The van der Waals surface area contributed by atoms with Gasteiger partial charge in [-0.1, -0.05) is 25.7 Å². The highest BCUT2D eigenvalue weighted by Gasteiger charge is 2.25. The molecule has 0 bridgehead atoms. The lowest BCUT2D eigenvalue weighted by Crippen LogP contribution is -2.56. The molecule has 1 aromatic heterocycles. The molecule has 0 spiro atoms. The van der Waals surface area contributed by atoms with E-state index in [0.29, 0.717) is 32.1 Å². The summed E-state index contributed by atoms with van der Waals surface area (Å²) in [7, 11) is 0. The van der Waals surface area contributed by atoms with E-state index in [0.717, 1.165) is 12.8 Å². The number of hydrogen-bond donors (Lipinski definition) is 2. The number of urea groups is 1. The fourth-order valence-corrected chi connectivity index (χ4v) is 3.66. The first-order valence-corrected chi connectivity index (χ1v) is 10.0. The molecule has 1 atom stereocenters. The van der Waals surface area contributed by atoms with Crippen LogP contribution in [-0.2, 0) is 4.79 Å². The van der Waals surface area contributed by atoms with E-state index < -0.39 is 6.04 Å². The van der Waals surface area contributed by atoms with Gasteiger partial charge in [-0.25, -0.2) is 14.8 Å². The Balaban J connectivity index is 1.42. The number of nitrogens with zero attached hydrogens (tertiary/aromatic N) is 4. The lowest BCUT2D eigenvalue weighted by atomic mass is 10.1. The van der Waals surface area contributed by atoms with Crippen molar-refractivity contribution in [1.29, 1.82) is 0 Å². The second kappa shape index (κ2) is 9.53. The Labute approximate surface area is 160 Å². The van der Waals surface area contributed by atoms with E-state index in [-0.39, 0.29) is 18.0 Å². The Morgan fingerprint density at radius 1 is 1.04 bits per heavy atom. The summed E-state index contributed by atoms with van der Waals surface area (Å²) in [5.41, 5.74) is 0. The van der Waals surface area contributed by atoms with Crippen LogP contribution in [0.1, 0.15) is 45.4 Å². The molecule has 1 saturated heterocycles. The fraction of sp³-hybridized carbons (Fsp3) is 0.684. The van der Waals surface area contributed by atoms with Crippen molar-refractivity contribution in [1.82, 2.24) is 25.5 Å². The van der Waals surface area contributed by atoms with Crippen LogP contribution >= 0.6 is 0 Å². The molecule has 0 aromatic carbocycles. The van der Waals surface area contributed by atoms with E-state index in [9.17, 15) is 9.59 Å². The number of rotatable bonds is 4. The molecule has 2 N–H and O–H groups in total. The van der Waals surface area contributed by atoms with Gasteiger partial charge in [-0.15, -0.1) is 0 Å². The van der Waals surface area contributed by atoms with E-state index in [2.05, 4.69) is 25.5 Å². The highest BCUT2D eigenvalue weighted by molar-refractivity contribution is 5.86. The van der Waals surface area contributed by atoms with Crippen molar-refractivity contribution in [2.24, 2.45) is 0 Å². The second-order valence-corrected chi connectivity index (χ2v) is 7.39. The van der Waals surface area contributed by atoms with Gasteiger partial charge >= 0.3 is 6.03 Å². The van der Waals surface area contributed by atoms with Crippen molar-refractivity contribution in [3.05, 3.63) is 18.5 Å². The van der Waals surface area contributed by atoms with Gasteiger partial charge in [-0.3, -0.25) is 4.79 Å². The third-order valence-electron chi connectivity index (χ3n) is 5.34. The molecule has 8 nitrogen and oxygen atoms in total. The highest BCUT2D eigenvalue weighted by Crippen LogP contribution is 2.17. The number of hydrogen-bond acceptors (Lipinski definition) is 5. The van der Waals surface area contributed by atoms with E-state index in [1.807, 2.05) is 0 Å². The number of aromatic nitrogens is 2. The smallest absolute Gasteiger partial charge is 0.318 e. The SMILES string of the molecule is C[C@@H](NC(=O)N1CCN(c2ncccn2)CC1)C(=O)NC1CCCCCC1. The molecule has 2 aliphatic rings. The maximum Gasteiger partial charge on any atom is 0.318 e. The first-order valence-electron chi connectivity index (χ1n) is 10.0. The zero-order valence-electron chi connectivity index (χ0n) is 16.1. The summed E-state index contributed by atoms with van der Waals surface area (Å²) in [5.74, 6) is 0.597. The Kier molecular flexibility index (Phi) is 6.84. The Morgan fingerprint density at radius 3 is 2.30 bits per heavy atom. The topological polar surface area (TPSA) is 90.5 Å². The number of carbonyl (C=O) groups is 2. The Hall–Kier alpha value is -2.38. The molecule has 0 radical (unpaired) electrons. The summed E-state index contributed by atoms with van der Waals surface area (Å²) in [6.07, 6.45) is 10.3. The number of carbonyl (C=O) groups excluding carboxylic acids is 2. The lowest BCUT2D eigenvalue weighted by molar-refractivity contribution is -0.123. The lowest BCUT2D eigenvalue weighted by Gasteiger charge is -2.35. The van der Waals surface area contributed by atoms with Gasteiger partial charge in [0.1, 0.15) is 6.04 Å². The average Bonchev–Trinajstić information content (AvgIpc) is 2.97. The molecule has 1 aliphatic carbocycles. The molecular weight excluding hydrogens is 344 g/mol. The quantitative estimate of drug-likeness (QED) is 0.780. The number of anilines is 1. The number of amides is 3. The first-order chi connectivity index (χ1) is 13.1. The monoisotopic (exact) mass is 374 g/mol. The predicted octanol–water partition coefficient (Wildman–Crippen LogP) is 1.54.